The maximum Gasteiger partial charge on any atom is 0.274 e. The lowest BCUT2D eigenvalue weighted by Gasteiger charge is -2.23. The van der Waals surface area contributed by atoms with E-state index < -0.39 is 7.45 Å². The molecule has 4 atom stereocenters. The molecular formula is C8H18N4OP4. The zero-order chi connectivity index (χ0) is 13.0. The number of carbonyl (C=O) groups excluding carboxylic acids is 1. The molecule has 1 amide bonds. The van der Waals surface area contributed by atoms with Gasteiger partial charge in [0.1, 0.15) is 0 Å². The van der Waals surface area contributed by atoms with E-state index in [0.717, 1.165) is 18.7 Å². The number of amides is 1. The number of rotatable bonds is 2. The smallest absolute Gasteiger partial charge is 0.274 e. The van der Waals surface area contributed by atoms with Crippen LogP contribution in [0.4, 0.5) is 0 Å². The molecule has 0 spiro atoms. The normalized spacial score (nSPS) is 16.8. The van der Waals surface area contributed by atoms with Gasteiger partial charge in [-0.3, -0.25) is 4.79 Å². The summed E-state index contributed by atoms with van der Waals surface area (Å²) < 4.78 is 1.78. The van der Waals surface area contributed by atoms with Crippen molar-refractivity contribution in [2.45, 2.75) is 20.3 Å². The van der Waals surface area contributed by atoms with Crippen LogP contribution >= 0.6 is 33.3 Å². The molecule has 17 heavy (non-hydrogen) atoms. The lowest BCUT2D eigenvalue weighted by Crippen LogP contribution is -2.35. The van der Waals surface area contributed by atoms with Gasteiger partial charge in [-0.05, 0) is 7.96 Å². The average molecular weight is 310 g/mol. The van der Waals surface area contributed by atoms with E-state index in [0.29, 0.717) is 13.7 Å². The Kier molecular flexibility index (Phi) is 6.38. The fourth-order valence-electron chi connectivity index (χ4n) is 1.44. The van der Waals surface area contributed by atoms with Crippen LogP contribution in [-0.4, -0.2) is 39.2 Å². The van der Waals surface area contributed by atoms with E-state index in [1.807, 2.05) is 20.9 Å². The maximum absolute atomic E-state index is 11.9. The van der Waals surface area contributed by atoms with Crippen molar-refractivity contribution in [2.24, 2.45) is 0 Å². The molecule has 0 aliphatic carbocycles. The third kappa shape index (κ3) is 3.21. The van der Waals surface area contributed by atoms with Gasteiger partial charge in [0.25, 0.3) is 5.91 Å². The van der Waals surface area contributed by atoms with Crippen molar-refractivity contribution in [1.82, 2.24) is 19.7 Å². The summed E-state index contributed by atoms with van der Waals surface area (Å²) in [5, 5.41) is 8.15. The molecule has 9 heteroatoms. The predicted octanol–water partition coefficient (Wildman–Crippen LogP) is 2.35. The van der Waals surface area contributed by atoms with E-state index in [4.69, 9.17) is 0 Å². The molecule has 0 saturated heterocycles. The van der Waals surface area contributed by atoms with Crippen LogP contribution in [0.15, 0.2) is 0 Å². The van der Waals surface area contributed by atoms with Crippen molar-refractivity contribution in [2.75, 3.05) is 13.6 Å². The molecule has 1 aliphatic heterocycles. The third-order valence-corrected chi connectivity index (χ3v) is 11.7. The minimum Gasteiger partial charge on any atom is -0.340 e. The molecule has 0 radical (unpaired) electrons. The van der Waals surface area contributed by atoms with Gasteiger partial charge >= 0.3 is 0 Å². The minimum atomic E-state index is -0.494. The zero-order valence-electron chi connectivity index (χ0n) is 10.2. The molecule has 1 aliphatic rings. The van der Waals surface area contributed by atoms with Crippen LogP contribution in [0, 0.1) is 0 Å². The van der Waals surface area contributed by atoms with E-state index in [1.54, 1.807) is 9.35 Å². The van der Waals surface area contributed by atoms with E-state index >= 15 is 0 Å². The Morgan fingerprint density at radius 1 is 1.47 bits per heavy atom. The second kappa shape index (κ2) is 7.05. The highest BCUT2D eigenvalue weighted by Gasteiger charge is 2.29. The van der Waals surface area contributed by atoms with Crippen LogP contribution in [0.2, 0.25) is 0 Å². The molecule has 4 unspecified atom stereocenters. The highest BCUT2D eigenvalue weighted by Crippen LogP contribution is 2.66. The van der Waals surface area contributed by atoms with Crippen LogP contribution < -0.4 is 0 Å². The molecule has 1 aromatic heterocycles. The standard InChI is InChI=1S/C6H12N4OP4.C2H6/c1-9-3-2-4-5(6(9)11)10(8-7-4)15(13)14-12;1-2/h14H,2-3,12-13H2,1H3;1-2H3. The SMILES string of the molecule is CC.CN1CCc2nnn(P(P)PP)c2C1=O. The van der Waals surface area contributed by atoms with Crippen LogP contribution in [0.3, 0.4) is 0 Å². The summed E-state index contributed by atoms with van der Waals surface area (Å²) in [7, 11) is 7.42. The lowest BCUT2D eigenvalue weighted by atomic mass is 10.1. The van der Waals surface area contributed by atoms with Gasteiger partial charge in [-0.25, -0.2) is 4.45 Å². The number of likely N-dealkylation sites (N-methyl/N-ethyl adjacent to an activating group) is 1. The molecule has 5 nitrogen and oxygen atoms in total. The van der Waals surface area contributed by atoms with Crippen LogP contribution in [0.5, 0.6) is 0 Å². The van der Waals surface area contributed by atoms with Crippen molar-refractivity contribution in [3.63, 3.8) is 0 Å². The van der Waals surface area contributed by atoms with Crippen LogP contribution in [0.1, 0.15) is 30.0 Å². The van der Waals surface area contributed by atoms with Crippen LogP contribution in [-0.2, 0) is 6.42 Å². The Balaban J connectivity index is 0.000000686. The second-order valence-corrected chi connectivity index (χ2v) is 12.0. The maximum atomic E-state index is 11.9. The summed E-state index contributed by atoms with van der Waals surface area (Å²) >= 11 is 0. The Hall–Kier alpha value is 0.330. The Morgan fingerprint density at radius 3 is 2.71 bits per heavy atom. The van der Waals surface area contributed by atoms with Gasteiger partial charge in [-0.1, -0.05) is 28.0 Å². The van der Waals surface area contributed by atoms with Gasteiger partial charge in [0, 0.05) is 20.0 Å². The zero-order valence-corrected chi connectivity index (χ0v) is 14.4. The number of nitrogens with zero attached hydrogens (tertiary/aromatic N) is 4. The summed E-state index contributed by atoms with van der Waals surface area (Å²) in [6, 6.07) is 0. The van der Waals surface area contributed by atoms with E-state index in [2.05, 4.69) is 28.2 Å². The van der Waals surface area contributed by atoms with Crippen molar-refractivity contribution in [3.05, 3.63) is 11.4 Å². The van der Waals surface area contributed by atoms with E-state index in [9.17, 15) is 4.79 Å². The van der Waals surface area contributed by atoms with Crippen LogP contribution in [0.25, 0.3) is 0 Å². The molecule has 1 aromatic rings. The Labute approximate surface area is 109 Å². The largest absolute Gasteiger partial charge is 0.340 e. The first-order valence-corrected chi connectivity index (χ1v) is 11.9. The van der Waals surface area contributed by atoms with E-state index in [-0.39, 0.29) is 5.91 Å². The molecule has 0 fully saturated rings. The predicted molar refractivity (Wildman–Crippen MR) is 82.1 cm³/mol. The first-order valence-electron chi connectivity index (χ1n) is 5.36. The average Bonchev–Trinajstić information content (AvgIpc) is 2.80. The Bertz CT molecular complexity index is 397. The monoisotopic (exact) mass is 310 g/mol. The highest BCUT2D eigenvalue weighted by atomic mass is 32.6. The first kappa shape index (κ1) is 15.4. The fraction of sp³-hybridized carbons (Fsp3) is 0.625. The molecule has 2 rings (SSSR count). The van der Waals surface area contributed by atoms with Gasteiger partial charge in [0.05, 0.1) is 13.1 Å². The fourth-order valence-corrected chi connectivity index (χ4v) is 4.31. The van der Waals surface area contributed by atoms with Gasteiger partial charge in [0.2, 0.25) is 0 Å². The summed E-state index contributed by atoms with van der Waals surface area (Å²) in [5.74, 6) is 0.0412. The van der Waals surface area contributed by atoms with Gasteiger partial charge < -0.3 is 4.90 Å². The molecule has 2 heterocycles. The quantitative estimate of drug-likeness (QED) is 0.788. The van der Waals surface area contributed by atoms with Crippen molar-refractivity contribution in [1.29, 1.82) is 0 Å². The number of hydrogen-bond donors (Lipinski definition) is 0. The van der Waals surface area contributed by atoms with Gasteiger partial charge in [-0.2, -0.15) is 0 Å². The topological polar surface area (TPSA) is 51.0 Å². The van der Waals surface area contributed by atoms with Crippen molar-refractivity contribution in [3.8, 4) is 0 Å². The lowest BCUT2D eigenvalue weighted by molar-refractivity contribution is 0.0773. The summed E-state index contributed by atoms with van der Waals surface area (Å²) in [6.07, 6.45) is 0.811. The van der Waals surface area contributed by atoms with Gasteiger partial charge in [0.15, 0.2) is 5.69 Å². The summed E-state index contributed by atoms with van der Waals surface area (Å²) in [5.41, 5.74) is 1.52. The molecular weight excluding hydrogens is 292 g/mol. The number of carbonyl (C=O) groups is 1. The number of fused-ring (bicyclic) bond motifs is 1. The summed E-state index contributed by atoms with van der Waals surface area (Å²) in [6.45, 7) is 4.74. The second-order valence-electron chi connectivity index (χ2n) is 3.22. The highest BCUT2D eigenvalue weighted by molar-refractivity contribution is 8.60. The van der Waals surface area contributed by atoms with Crippen molar-refractivity contribution < 1.29 is 4.79 Å². The first-order chi connectivity index (χ1) is 8.15. The molecule has 0 saturated carbocycles. The minimum absolute atomic E-state index is 0.0412. The number of hydrogen-bond acceptors (Lipinski definition) is 3. The molecule has 0 bridgehead atoms. The van der Waals surface area contributed by atoms with Gasteiger partial charge in [-0.15, -0.1) is 14.0 Å². The molecule has 0 N–H and O–H groups in total. The number of aromatic nitrogens is 3. The third-order valence-electron chi connectivity index (χ3n) is 2.29. The summed E-state index contributed by atoms with van der Waals surface area (Å²) in [4.78, 5) is 13.7. The van der Waals surface area contributed by atoms with E-state index in [1.165, 1.54) is 0 Å². The molecule has 0 aromatic carbocycles. The Morgan fingerprint density at radius 2 is 2.12 bits per heavy atom. The molecule has 96 valence electrons. The van der Waals surface area contributed by atoms with Crippen molar-refractivity contribution >= 4 is 39.2 Å².